The van der Waals surface area contributed by atoms with Gasteiger partial charge in [-0.05, 0) is 56.2 Å². The minimum absolute atomic E-state index is 0.0109. The summed E-state index contributed by atoms with van der Waals surface area (Å²) in [5, 5.41) is 2.58. The molecule has 2 unspecified atom stereocenters. The van der Waals surface area contributed by atoms with Crippen LogP contribution in [0.15, 0.2) is 29.2 Å². The topological polar surface area (TPSA) is 84.5 Å². The second kappa shape index (κ2) is 9.54. The van der Waals surface area contributed by atoms with Crippen LogP contribution in [0.5, 0.6) is 0 Å². The molecule has 158 valence electrons. The molecule has 6 nitrogen and oxygen atoms in total. The molecule has 28 heavy (non-hydrogen) atoms. The fourth-order valence-corrected chi connectivity index (χ4v) is 3.28. The van der Waals surface area contributed by atoms with Gasteiger partial charge in [-0.1, -0.05) is 46.8 Å². The number of alkyl carbamates (subject to hydrolysis) is 1. The first-order valence-corrected chi connectivity index (χ1v) is 10.7. The second-order valence-electron chi connectivity index (χ2n) is 9.34. The highest BCUT2D eigenvalue weighted by atomic mass is 32.2. The lowest BCUT2D eigenvalue weighted by atomic mass is 9.87. The summed E-state index contributed by atoms with van der Waals surface area (Å²) in [6.07, 6.45) is -0.265. The molecule has 2 amide bonds. The summed E-state index contributed by atoms with van der Waals surface area (Å²) >= 11 is 0. The van der Waals surface area contributed by atoms with Gasteiger partial charge in [0, 0.05) is 0 Å². The van der Waals surface area contributed by atoms with E-state index in [1.807, 2.05) is 26.0 Å². The zero-order chi connectivity index (χ0) is 21.7. The molecule has 0 radical (unpaired) electrons. The van der Waals surface area contributed by atoms with Crippen LogP contribution in [0.1, 0.15) is 67.4 Å². The summed E-state index contributed by atoms with van der Waals surface area (Å²) in [6.45, 7) is 15.4. The van der Waals surface area contributed by atoms with Crippen LogP contribution >= 0.6 is 0 Å². The first kappa shape index (κ1) is 24.1. The van der Waals surface area contributed by atoms with Crippen LogP contribution in [-0.2, 0) is 25.9 Å². The highest BCUT2D eigenvalue weighted by molar-refractivity contribution is 7.83. The summed E-state index contributed by atoms with van der Waals surface area (Å²) in [5.41, 5.74) is 0.438. The van der Waals surface area contributed by atoms with Crippen LogP contribution in [-0.4, -0.2) is 27.9 Å². The van der Waals surface area contributed by atoms with Gasteiger partial charge in [-0.3, -0.25) is 9.52 Å². The maximum atomic E-state index is 12.6. The van der Waals surface area contributed by atoms with E-state index in [4.69, 9.17) is 4.74 Å². The van der Waals surface area contributed by atoms with Gasteiger partial charge in [-0.15, -0.1) is 0 Å². The fraction of sp³-hybridized carbons (Fsp3) is 0.619. The molecule has 7 heteroatoms. The molecule has 0 aliphatic carbocycles. The molecule has 0 aliphatic heterocycles. The molecule has 0 fully saturated rings. The summed E-state index contributed by atoms with van der Waals surface area (Å²) in [5.74, 6) is -0.344. The lowest BCUT2D eigenvalue weighted by Gasteiger charge is -2.24. The molecular formula is C21H34N2O4S. The maximum Gasteiger partial charge on any atom is 0.408 e. The summed E-state index contributed by atoms with van der Waals surface area (Å²) in [4.78, 5) is 25.2. The number of ether oxygens (including phenoxy) is 1. The summed E-state index contributed by atoms with van der Waals surface area (Å²) in [7, 11) is -1.71. The van der Waals surface area contributed by atoms with Crippen LogP contribution in [0.3, 0.4) is 0 Å². The van der Waals surface area contributed by atoms with Crippen molar-refractivity contribution in [2.75, 3.05) is 0 Å². The standard InChI is InChI=1S/C21H34N2O4S/c1-14(2)13-17(22-19(25)27-21(6,7)8)18(24)23-28(26)16-11-9-15(10-12-16)20(3,4)5/h9-12,14,17H,13H2,1-8H3,(H,22,25)(H,23,24). The molecule has 1 aromatic carbocycles. The monoisotopic (exact) mass is 410 g/mol. The van der Waals surface area contributed by atoms with Crippen LogP contribution in [0, 0.1) is 5.92 Å². The minimum atomic E-state index is -1.71. The molecule has 2 N–H and O–H groups in total. The average molecular weight is 411 g/mol. The van der Waals surface area contributed by atoms with Gasteiger partial charge in [-0.2, -0.15) is 0 Å². The molecule has 0 bridgehead atoms. The van der Waals surface area contributed by atoms with E-state index in [-0.39, 0.29) is 11.3 Å². The number of amides is 2. The van der Waals surface area contributed by atoms with Crippen molar-refractivity contribution in [3.63, 3.8) is 0 Å². The van der Waals surface area contributed by atoms with Crippen molar-refractivity contribution < 1.29 is 18.5 Å². The number of hydrogen-bond acceptors (Lipinski definition) is 4. The van der Waals surface area contributed by atoms with Crippen molar-refractivity contribution in [1.29, 1.82) is 0 Å². The quantitative estimate of drug-likeness (QED) is 0.741. The number of carbonyl (C=O) groups is 2. The molecule has 0 aliphatic rings. The summed E-state index contributed by atoms with van der Waals surface area (Å²) < 4.78 is 20.3. The number of rotatable bonds is 6. The highest BCUT2D eigenvalue weighted by Crippen LogP contribution is 2.22. The van der Waals surface area contributed by atoms with Crippen LogP contribution < -0.4 is 10.0 Å². The predicted molar refractivity (Wildman–Crippen MR) is 112 cm³/mol. The van der Waals surface area contributed by atoms with Crippen LogP contribution in [0.4, 0.5) is 4.79 Å². The van der Waals surface area contributed by atoms with Crippen molar-refractivity contribution in [3.8, 4) is 0 Å². The molecule has 1 rings (SSSR count). The second-order valence-corrected chi connectivity index (χ2v) is 10.6. The number of hydrogen-bond donors (Lipinski definition) is 2. The van der Waals surface area contributed by atoms with Crippen molar-refractivity contribution in [1.82, 2.24) is 10.0 Å². The van der Waals surface area contributed by atoms with Gasteiger partial charge in [-0.25, -0.2) is 9.00 Å². The van der Waals surface area contributed by atoms with Gasteiger partial charge in [0.05, 0.1) is 4.90 Å². The van der Waals surface area contributed by atoms with Crippen molar-refractivity contribution in [2.45, 2.75) is 83.8 Å². The fourth-order valence-electron chi connectivity index (χ4n) is 2.45. The lowest BCUT2D eigenvalue weighted by Crippen LogP contribution is -2.49. The minimum Gasteiger partial charge on any atom is -0.444 e. The van der Waals surface area contributed by atoms with Gasteiger partial charge < -0.3 is 10.1 Å². The molecule has 1 aromatic rings. The van der Waals surface area contributed by atoms with Gasteiger partial charge in [0.2, 0.25) is 0 Å². The van der Waals surface area contributed by atoms with Crippen molar-refractivity contribution >= 4 is 23.0 Å². The Bertz CT molecular complexity index is 701. The predicted octanol–water partition coefficient (Wildman–Crippen LogP) is 4.06. The van der Waals surface area contributed by atoms with E-state index < -0.39 is 34.6 Å². The normalized spacial score (nSPS) is 14.3. The van der Waals surface area contributed by atoms with E-state index in [1.54, 1.807) is 32.9 Å². The van der Waals surface area contributed by atoms with E-state index in [0.29, 0.717) is 11.3 Å². The largest absolute Gasteiger partial charge is 0.444 e. The molecule has 0 spiro atoms. The third kappa shape index (κ3) is 8.42. The number of nitrogens with one attached hydrogen (secondary N) is 2. The Kier molecular flexibility index (Phi) is 8.23. The summed E-state index contributed by atoms with van der Waals surface area (Å²) in [6, 6.07) is 6.48. The highest BCUT2D eigenvalue weighted by Gasteiger charge is 2.26. The zero-order valence-corrected chi connectivity index (χ0v) is 19.0. The lowest BCUT2D eigenvalue weighted by molar-refractivity contribution is -0.121. The molecule has 0 saturated heterocycles. The number of carbonyl (C=O) groups excluding carboxylic acids is 2. The zero-order valence-electron chi connectivity index (χ0n) is 18.2. The first-order valence-electron chi connectivity index (χ1n) is 9.51. The molecule has 0 heterocycles. The van der Waals surface area contributed by atoms with E-state index in [9.17, 15) is 13.8 Å². The van der Waals surface area contributed by atoms with Gasteiger partial charge >= 0.3 is 6.09 Å². The Morgan fingerprint density at radius 1 is 1.04 bits per heavy atom. The van der Waals surface area contributed by atoms with E-state index in [2.05, 4.69) is 30.8 Å². The average Bonchev–Trinajstić information content (AvgIpc) is 2.51. The van der Waals surface area contributed by atoms with Crippen molar-refractivity contribution in [2.24, 2.45) is 5.92 Å². The van der Waals surface area contributed by atoms with Gasteiger partial charge in [0.1, 0.15) is 11.6 Å². The Labute approximate surface area is 171 Å². The molecule has 0 saturated carbocycles. The molecular weight excluding hydrogens is 376 g/mol. The van der Waals surface area contributed by atoms with Crippen LogP contribution in [0.2, 0.25) is 0 Å². The first-order chi connectivity index (χ1) is 12.7. The Hall–Kier alpha value is -1.89. The Morgan fingerprint density at radius 2 is 1.57 bits per heavy atom. The SMILES string of the molecule is CC(C)CC(NC(=O)OC(C)(C)C)C(=O)NS(=O)c1ccc(C(C)(C)C)cc1. The number of benzene rings is 1. The van der Waals surface area contributed by atoms with Crippen molar-refractivity contribution in [3.05, 3.63) is 29.8 Å². The maximum absolute atomic E-state index is 12.6. The van der Waals surface area contributed by atoms with E-state index >= 15 is 0 Å². The van der Waals surface area contributed by atoms with Crippen LogP contribution in [0.25, 0.3) is 0 Å². The van der Waals surface area contributed by atoms with E-state index in [0.717, 1.165) is 5.56 Å². The molecule has 2 atom stereocenters. The van der Waals surface area contributed by atoms with Gasteiger partial charge in [0.15, 0.2) is 11.0 Å². The van der Waals surface area contributed by atoms with Gasteiger partial charge in [0.25, 0.3) is 5.91 Å². The smallest absolute Gasteiger partial charge is 0.408 e. The third-order valence-corrected chi connectivity index (χ3v) is 4.93. The Morgan fingerprint density at radius 3 is 2.00 bits per heavy atom. The molecule has 0 aromatic heterocycles. The Balaban J connectivity index is 2.83. The third-order valence-electron chi connectivity index (χ3n) is 3.84. The van der Waals surface area contributed by atoms with E-state index in [1.165, 1.54) is 0 Å².